The summed E-state index contributed by atoms with van der Waals surface area (Å²) in [5.74, 6) is -1.67. The Morgan fingerprint density at radius 3 is 2.36 bits per heavy atom. The van der Waals surface area contributed by atoms with Gasteiger partial charge in [-0.25, -0.2) is 17.7 Å². The van der Waals surface area contributed by atoms with E-state index in [4.69, 9.17) is 0 Å². The zero-order valence-corrected chi connectivity index (χ0v) is 14.8. The molecule has 0 aromatic heterocycles. The number of carbonyl (C=O) groups is 1. The van der Waals surface area contributed by atoms with Gasteiger partial charge in [0, 0.05) is 0 Å². The van der Waals surface area contributed by atoms with Crippen LogP contribution in [0.1, 0.15) is 41.3 Å². The van der Waals surface area contributed by atoms with Gasteiger partial charge < -0.3 is 5.11 Å². The summed E-state index contributed by atoms with van der Waals surface area (Å²) < 4.78 is 35.7. The second kappa shape index (κ2) is 8.22. The third-order valence-electron chi connectivity index (χ3n) is 4.00. The summed E-state index contributed by atoms with van der Waals surface area (Å²) in [6.07, 6.45) is 2.64. The fraction of sp³-hybridized carbons (Fsp3) is 0.278. The summed E-state index contributed by atoms with van der Waals surface area (Å²) in [5.41, 5.74) is 1.75. The second-order valence-corrected chi connectivity index (χ2v) is 6.48. The average Bonchev–Trinajstić information content (AvgIpc) is 2.55. The number of carboxylic acids is 1. The molecule has 2 aromatic rings. The Morgan fingerprint density at radius 2 is 1.84 bits per heavy atom. The molecule has 0 fully saturated rings. The van der Waals surface area contributed by atoms with Gasteiger partial charge in [-0.3, -0.25) is 4.55 Å². The van der Waals surface area contributed by atoms with Crippen molar-refractivity contribution >= 4 is 28.6 Å². The first-order valence-electron chi connectivity index (χ1n) is 7.89. The Bertz CT molecular complexity index is 792. The fourth-order valence-electron chi connectivity index (χ4n) is 2.71. The molecule has 2 rings (SSSR count). The van der Waals surface area contributed by atoms with Crippen LogP contribution in [0.15, 0.2) is 36.4 Å². The van der Waals surface area contributed by atoms with Crippen LogP contribution in [0.5, 0.6) is 0 Å². The van der Waals surface area contributed by atoms with Crippen molar-refractivity contribution in [1.29, 1.82) is 0 Å². The lowest BCUT2D eigenvalue weighted by Crippen LogP contribution is -2.22. The molecule has 0 radical (unpaired) electrons. The van der Waals surface area contributed by atoms with Crippen LogP contribution in [0.25, 0.3) is 0 Å². The summed E-state index contributed by atoms with van der Waals surface area (Å²) >= 11 is -2.51. The van der Waals surface area contributed by atoms with E-state index < -0.39 is 23.1 Å². The van der Waals surface area contributed by atoms with Crippen molar-refractivity contribution < 1.29 is 23.1 Å². The van der Waals surface area contributed by atoms with E-state index in [2.05, 4.69) is 0 Å². The van der Waals surface area contributed by atoms with E-state index in [1.807, 2.05) is 6.92 Å². The lowest BCUT2D eigenvalue weighted by Gasteiger charge is -2.23. The summed E-state index contributed by atoms with van der Waals surface area (Å²) in [5, 5.41) is 9.65. The molecule has 7 heteroatoms. The topological polar surface area (TPSA) is 77.8 Å². The summed E-state index contributed by atoms with van der Waals surface area (Å²) in [6.45, 7) is 3.74. The standard InChI is InChI=1S/C18H20FNO4S/c1-3-4-5-13-6-11-16(17(12(13)2)18(21)22)20(25(23)24)15-9-7-14(19)8-10-15/h6-11H,3-5H2,1-2H3,(H,21,22)(H,23,24). The maximum Gasteiger partial charge on any atom is 0.338 e. The lowest BCUT2D eigenvalue weighted by molar-refractivity contribution is 0.0697. The molecule has 0 aliphatic heterocycles. The van der Waals surface area contributed by atoms with Crippen molar-refractivity contribution in [3.05, 3.63) is 58.9 Å². The number of aromatic carboxylic acids is 1. The maximum absolute atomic E-state index is 13.1. The first kappa shape index (κ1) is 19.1. The molecule has 0 amide bonds. The van der Waals surface area contributed by atoms with E-state index in [0.717, 1.165) is 41.3 Å². The molecular formula is C18H20FNO4S. The Hall–Kier alpha value is -2.25. The summed E-state index contributed by atoms with van der Waals surface area (Å²) in [7, 11) is 0. The highest BCUT2D eigenvalue weighted by atomic mass is 32.2. The minimum atomic E-state index is -2.51. The molecule has 1 unspecified atom stereocenters. The molecule has 1 atom stereocenters. The molecule has 0 heterocycles. The molecule has 5 nitrogen and oxygen atoms in total. The number of hydrogen-bond acceptors (Lipinski definition) is 2. The van der Waals surface area contributed by atoms with Crippen molar-refractivity contribution in [2.45, 2.75) is 33.1 Å². The number of benzene rings is 2. The lowest BCUT2D eigenvalue weighted by atomic mass is 9.96. The van der Waals surface area contributed by atoms with Gasteiger partial charge in [0.25, 0.3) is 11.3 Å². The molecule has 0 aliphatic carbocycles. The molecular weight excluding hydrogens is 345 g/mol. The Balaban J connectivity index is 2.61. The van der Waals surface area contributed by atoms with Crippen LogP contribution >= 0.6 is 0 Å². The minimum absolute atomic E-state index is 0.0275. The molecule has 0 saturated carbocycles. The van der Waals surface area contributed by atoms with Crippen LogP contribution in [-0.2, 0) is 17.7 Å². The third-order valence-corrected chi connectivity index (χ3v) is 4.72. The van der Waals surface area contributed by atoms with Gasteiger partial charge >= 0.3 is 5.97 Å². The zero-order chi connectivity index (χ0) is 18.6. The zero-order valence-electron chi connectivity index (χ0n) is 14.0. The Labute approximate surface area is 148 Å². The minimum Gasteiger partial charge on any atom is -0.478 e. The normalized spacial score (nSPS) is 12.0. The van der Waals surface area contributed by atoms with Crippen molar-refractivity contribution in [1.82, 2.24) is 0 Å². The van der Waals surface area contributed by atoms with Gasteiger partial charge in [-0.05, 0) is 61.2 Å². The van der Waals surface area contributed by atoms with Gasteiger partial charge in [-0.15, -0.1) is 0 Å². The van der Waals surface area contributed by atoms with E-state index in [1.165, 1.54) is 18.2 Å². The van der Waals surface area contributed by atoms with Gasteiger partial charge in [0.15, 0.2) is 0 Å². The van der Waals surface area contributed by atoms with Gasteiger partial charge in [0.1, 0.15) is 5.82 Å². The van der Waals surface area contributed by atoms with Crippen LogP contribution in [0.3, 0.4) is 0 Å². The molecule has 2 N–H and O–H groups in total. The number of nitrogens with zero attached hydrogens (tertiary/aromatic N) is 1. The molecule has 0 spiro atoms. The predicted molar refractivity (Wildman–Crippen MR) is 96.1 cm³/mol. The monoisotopic (exact) mass is 365 g/mol. The molecule has 2 aromatic carbocycles. The van der Waals surface area contributed by atoms with Crippen LogP contribution < -0.4 is 4.31 Å². The highest BCUT2D eigenvalue weighted by Crippen LogP contribution is 2.33. The van der Waals surface area contributed by atoms with Crippen LogP contribution in [-0.4, -0.2) is 19.8 Å². The number of unbranched alkanes of at least 4 members (excludes halogenated alkanes) is 1. The smallest absolute Gasteiger partial charge is 0.338 e. The van der Waals surface area contributed by atoms with Gasteiger partial charge in [0.2, 0.25) is 0 Å². The van der Waals surface area contributed by atoms with E-state index in [0.29, 0.717) is 5.56 Å². The number of aryl methyl sites for hydroxylation is 1. The van der Waals surface area contributed by atoms with Crippen molar-refractivity contribution in [3.8, 4) is 0 Å². The number of carboxylic acid groups (broad SMARTS) is 1. The summed E-state index contributed by atoms with van der Waals surface area (Å²) in [6, 6.07) is 8.26. The van der Waals surface area contributed by atoms with Crippen molar-refractivity contribution in [3.63, 3.8) is 0 Å². The van der Waals surface area contributed by atoms with Gasteiger partial charge in [-0.1, -0.05) is 19.4 Å². The first-order valence-corrected chi connectivity index (χ1v) is 8.95. The van der Waals surface area contributed by atoms with E-state index in [9.17, 15) is 23.1 Å². The maximum atomic E-state index is 13.1. The van der Waals surface area contributed by atoms with Crippen LogP contribution in [0.2, 0.25) is 0 Å². The first-order chi connectivity index (χ1) is 11.9. The number of hydrogen-bond donors (Lipinski definition) is 2. The highest BCUT2D eigenvalue weighted by Gasteiger charge is 2.24. The predicted octanol–water partition coefficient (Wildman–Crippen LogP) is 4.45. The quantitative estimate of drug-likeness (QED) is 0.711. The molecule has 0 bridgehead atoms. The molecule has 0 saturated heterocycles. The van der Waals surface area contributed by atoms with E-state index >= 15 is 0 Å². The van der Waals surface area contributed by atoms with E-state index in [-0.39, 0.29) is 16.9 Å². The Kier molecular flexibility index (Phi) is 6.27. The average molecular weight is 365 g/mol. The largest absolute Gasteiger partial charge is 0.478 e. The highest BCUT2D eigenvalue weighted by molar-refractivity contribution is 7.81. The second-order valence-electron chi connectivity index (χ2n) is 5.65. The number of halogens is 1. The van der Waals surface area contributed by atoms with Crippen molar-refractivity contribution in [2.75, 3.05) is 4.31 Å². The number of anilines is 2. The van der Waals surface area contributed by atoms with Crippen molar-refractivity contribution in [2.24, 2.45) is 0 Å². The molecule has 25 heavy (non-hydrogen) atoms. The number of rotatable bonds is 7. The third kappa shape index (κ3) is 4.24. The molecule has 0 aliphatic rings. The van der Waals surface area contributed by atoms with Gasteiger partial charge in [-0.2, -0.15) is 0 Å². The van der Waals surface area contributed by atoms with Crippen LogP contribution in [0, 0.1) is 12.7 Å². The fourth-order valence-corrected chi connectivity index (χ4v) is 3.33. The Morgan fingerprint density at radius 1 is 1.20 bits per heavy atom. The van der Waals surface area contributed by atoms with Crippen LogP contribution in [0.4, 0.5) is 15.8 Å². The van der Waals surface area contributed by atoms with E-state index in [1.54, 1.807) is 13.0 Å². The SMILES string of the molecule is CCCCc1ccc(N(c2ccc(F)cc2)S(=O)O)c(C(=O)O)c1C. The molecule has 134 valence electrons. The summed E-state index contributed by atoms with van der Waals surface area (Å²) in [4.78, 5) is 11.8. The van der Waals surface area contributed by atoms with Gasteiger partial charge in [0.05, 0.1) is 16.9 Å².